The van der Waals surface area contributed by atoms with Gasteiger partial charge in [0.05, 0.1) is 18.3 Å². The van der Waals surface area contributed by atoms with Crippen molar-refractivity contribution >= 4 is 7.12 Å². The molecule has 1 rings (SSSR count). The molecule has 1 saturated heterocycles. The molecule has 0 aromatic heterocycles. The summed E-state index contributed by atoms with van der Waals surface area (Å²) in [5, 5.41) is 0. The van der Waals surface area contributed by atoms with Crippen molar-refractivity contribution in [2.75, 3.05) is 7.11 Å². The first-order valence-electron chi connectivity index (χ1n) is 4.90. The van der Waals surface area contributed by atoms with E-state index < -0.39 is 0 Å². The van der Waals surface area contributed by atoms with Gasteiger partial charge in [0.15, 0.2) is 0 Å². The van der Waals surface area contributed by atoms with Crippen LogP contribution in [0.15, 0.2) is 11.7 Å². The Balaban J connectivity index is 2.82. The molecule has 0 radical (unpaired) electrons. The average Bonchev–Trinajstić information content (AvgIpc) is 2.23. The van der Waals surface area contributed by atoms with Gasteiger partial charge >= 0.3 is 7.12 Å². The SMILES string of the molecule is C/C=C(\OC)B1OC(C)(C)C(C)(C)O1. The number of hydrogen-bond acceptors (Lipinski definition) is 3. The van der Waals surface area contributed by atoms with Gasteiger partial charge in [0.1, 0.15) is 5.66 Å². The van der Waals surface area contributed by atoms with Crippen LogP contribution in [0.25, 0.3) is 0 Å². The summed E-state index contributed by atoms with van der Waals surface area (Å²) in [5.74, 6) is 0. The van der Waals surface area contributed by atoms with Crippen LogP contribution in [0.2, 0.25) is 0 Å². The molecule has 0 unspecified atom stereocenters. The Labute approximate surface area is 86.6 Å². The van der Waals surface area contributed by atoms with Crippen LogP contribution in [0, 0.1) is 0 Å². The van der Waals surface area contributed by atoms with Gasteiger partial charge in [-0.3, -0.25) is 0 Å². The molecule has 0 aromatic carbocycles. The van der Waals surface area contributed by atoms with E-state index in [4.69, 9.17) is 14.0 Å². The molecule has 0 amide bonds. The molecule has 80 valence electrons. The first-order chi connectivity index (χ1) is 6.34. The lowest BCUT2D eigenvalue weighted by Gasteiger charge is -2.32. The van der Waals surface area contributed by atoms with Crippen LogP contribution in [-0.4, -0.2) is 25.4 Å². The summed E-state index contributed by atoms with van der Waals surface area (Å²) >= 11 is 0. The Kier molecular flexibility index (Phi) is 2.97. The maximum Gasteiger partial charge on any atom is 0.531 e. The normalized spacial score (nSPS) is 25.3. The Bertz CT molecular complexity index is 230. The first kappa shape index (κ1) is 11.6. The molecule has 3 nitrogen and oxygen atoms in total. The Morgan fingerprint density at radius 2 is 1.57 bits per heavy atom. The average molecular weight is 198 g/mol. The van der Waals surface area contributed by atoms with E-state index in [1.54, 1.807) is 7.11 Å². The van der Waals surface area contributed by atoms with Gasteiger partial charge < -0.3 is 14.0 Å². The summed E-state index contributed by atoms with van der Waals surface area (Å²) in [6.45, 7) is 10.0. The summed E-state index contributed by atoms with van der Waals surface area (Å²) in [6, 6.07) is 0. The van der Waals surface area contributed by atoms with Crippen molar-refractivity contribution in [1.82, 2.24) is 0 Å². The zero-order valence-electron chi connectivity index (χ0n) is 9.88. The molecule has 1 aliphatic rings. The van der Waals surface area contributed by atoms with Crippen LogP contribution >= 0.6 is 0 Å². The summed E-state index contributed by atoms with van der Waals surface area (Å²) in [6.07, 6.45) is 1.86. The number of methoxy groups -OCH3 is 1. The van der Waals surface area contributed by atoms with Crippen LogP contribution in [0.3, 0.4) is 0 Å². The largest absolute Gasteiger partial charge is 0.531 e. The third-order valence-corrected chi connectivity index (χ3v) is 3.01. The highest BCUT2D eigenvalue weighted by atomic mass is 16.7. The predicted octanol–water partition coefficient (Wildman–Crippen LogP) is 2.17. The maximum absolute atomic E-state index is 5.79. The van der Waals surface area contributed by atoms with Crippen molar-refractivity contribution < 1.29 is 14.0 Å². The molecule has 1 heterocycles. The highest BCUT2D eigenvalue weighted by Gasteiger charge is 2.53. The number of hydrogen-bond donors (Lipinski definition) is 0. The molecule has 0 aliphatic carbocycles. The van der Waals surface area contributed by atoms with Crippen LogP contribution in [0.1, 0.15) is 34.6 Å². The molecular formula is C10H19BO3. The summed E-state index contributed by atoms with van der Waals surface area (Å²) in [4.78, 5) is 0. The second-order valence-electron chi connectivity index (χ2n) is 4.48. The third kappa shape index (κ3) is 1.81. The molecular weight excluding hydrogens is 179 g/mol. The monoisotopic (exact) mass is 198 g/mol. The molecule has 0 aromatic rings. The van der Waals surface area contributed by atoms with Crippen molar-refractivity contribution in [1.29, 1.82) is 0 Å². The van der Waals surface area contributed by atoms with Crippen molar-refractivity contribution in [2.45, 2.75) is 45.8 Å². The van der Waals surface area contributed by atoms with E-state index >= 15 is 0 Å². The first-order valence-corrected chi connectivity index (χ1v) is 4.90. The van der Waals surface area contributed by atoms with Gasteiger partial charge in [0, 0.05) is 0 Å². The van der Waals surface area contributed by atoms with Gasteiger partial charge in [0.25, 0.3) is 0 Å². The minimum absolute atomic E-state index is 0.301. The molecule has 1 fully saturated rings. The van der Waals surface area contributed by atoms with Gasteiger partial charge in [-0.2, -0.15) is 0 Å². The van der Waals surface area contributed by atoms with Gasteiger partial charge in [-0.15, -0.1) is 0 Å². The second-order valence-corrected chi connectivity index (χ2v) is 4.48. The second kappa shape index (κ2) is 3.59. The van der Waals surface area contributed by atoms with Crippen LogP contribution in [0.4, 0.5) is 0 Å². The lowest BCUT2D eigenvalue weighted by Crippen LogP contribution is -2.41. The minimum Gasteiger partial charge on any atom is -0.505 e. The van der Waals surface area contributed by atoms with E-state index in [2.05, 4.69) is 0 Å². The van der Waals surface area contributed by atoms with Crippen LogP contribution in [0.5, 0.6) is 0 Å². The van der Waals surface area contributed by atoms with Crippen molar-refractivity contribution in [3.63, 3.8) is 0 Å². The maximum atomic E-state index is 5.79. The molecule has 0 N–H and O–H groups in total. The molecule has 1 aliphatic heterocycles. The number of rotatable bonds is 2. The van der Waals surface area contributed by atoms with Gasteiger partial charge in [-0.05, 0) is 34.6 Å². The van der Waals surface area contributed by atoms with E-state index in [-0.39, 0.29) is 18.3 Å². The summed E-state index contributed by atoms with van der Waals surface area (Å²) in [5.41, 5.74) is 0.123. The standard InChI is InChI=1S/C10H19BO3/c1-7-8(12-6)11-13-9(2,3)10(4,5)14-11/h7H,1-6H3/b8-7-. The topological polar surface area (TPSA) is 27.7 Å². The van der Waals surface area contributed by atoms with E-state index in [1.165, 1.54) is 0 Å². The Morgan fingerprint density at radius 3 is 1.86 bits per heavy atom. The molecule has 0 atom stereocenters. The fourth-order valence-electron chi connectivity index (χ4n) is 1.31. The number of ether oxygens (including phenoxy) is 1. The van der Waals surface area contributed by atoms with E-state index in [1.807, 2.05) is 40.7 Å². The van der Waals surface area contributed by atoms with Crippen LogP contribution in [-0.2, 0) is 14.0 Å². The van der Waals surface area contributed by atoms with Crippen molar-refractivity contribution in [2.24, 2.45) is 0 Å². The molecule has 0 spiro atoms. The van der Waals surface area contributed by atoms with Gasteiger partial charge in [0.2, 0.25) is 0 Å². The fourth-order valence-corrected chi connectivity index (χ4v) is 1.31. The van der Waals surface area contributed by atoms with Crippen molar-refractivity contribution in [3.05, 3.63) is 11.7 Å². The lowest BCUT2D eigenvalue weighted by atomic mass is 9.86. The summed E-state index contributed by atoms with van der Waals surface area (Å²) in [7, 11) is 1.25. The highest BCUT2D eigenvalue weighted by molar-refractivity contribution is 6.53. The zero-order valence-corrected chi connectivity index (χ0v) is 9.88. The zero-order chi connectivity index (χ0) is 11.0. The Morgan fingerprint density at radius 1 is 1.14 bits per heavy atom. The molecule has 4 heteroatoms. The molecule has 0 bridgehead atoms. The predicted molar refractivity (Wildman–Crippen MR) is 56.8 cm³/mol. The number of allylic oxidation sites excluding steroid dienone is 1. The van der Waals surface area contributed by atoms with Gasteiger partial charge in [-0.1, -0.05) is 6.08 Å². The summed E-state index contributed by atoms with van der Waals surface area (Å²) < 4.78 is 16.8. The minimum atomic E-state index is -0.380. The highest BCUT2D eigenvalue weighted by Crippen LogP contribution is 2.38. The smallest absolute Gasteiger partial charge is 0.505 e. The van der Waals surface area contributed by atoms with Crippen LogP contribution < -0.4 is 0 Å². The lowest BCUT2D eigenvalue weighted by molar-refractivity contribution is 0.00578. The Hall–Kier alpha value is -0.475. The quantitative estimate of drug-likeness (QED) is 0.502. The van der Waals surface area contributed by atoms with E-state index in [9.17, 15) is 0 Å². The van der Waals surface area contributed by atoms with E-state index in [0.29, 0.717) is 0 Å². The van der Waals surface area contributed by atoms with Crippen molar-refractivity contribution in [3.8, 4) is 0 Å². The van der Waals surface area contributed by atoms with E-state index in [0.717, 1.165) is 5.66 Å². The van der Waals surface area contributed by atoms with Gasteiger partial charge in [-0.25, -0.2) is 0 Å². The third-order valence-electron chi connectivity index (χ3n) is 3.01. The molecule has 0 saturated carbocycles. The molecule has 14 heavy (non-hydrogen) atoms. The fraction of sp³-hybridized carbons (Fsp3) is 0.800.